The SMILES string of the molecule is Cc1cc(N2C(=O)c3ccc(C(=O)OCC(=O)Nc4ccc(Br)c(C)c4C)cc3C2=O)no1. The number of imide groups is 1. The Bertz CT molecular complexity index is 1330. The molecule has 0 aliphatic carbocycles. The highest BCUT2D eigenvalue weighted by Crippen LogP contribution is 2.29. The smallest absolute Gasteiger partial charge is 0.338 e. The number of carbonyl (C=O) groups excluding carboxylic acids is 4. The Labute approximate surface area is 196 Å². The number of amides is 3. The fraction of sp³-hybridized carbons (Fsp3) is 0.174. The number of nitrogens with one attached hydrogen (secondary N) is 1. The second-order valence-corrected chi connectivity index (χ2v) is 8.33. The fourth-order valence-electron chi connectivity index (χ4n) is 3.36. The lowest BCUT2D eigenvalue weighted by atomic mass is 10.1. The lowest BCUT2D eigenvalue weighted by Crippen LogP contribution is -2.29. The van der Waals surface area contributed by atoms with Crippen molar-refractivity contribution in [1.82, 2.24) is 5.16 Å². The van der Waals surface area contributed by atoms with E-state index in [1.54, 1.807) is 13.0 Å². The number of aryl methyl sites for hydroxylation is 1. The Morgan fingerprint density at radius 1 is 1.03 bits per heavy atom. The van der Waals surface area contributed by atoms with Crippen molar-refractivity contribution in [3.05, 3.63) is 74.4 Å². The van der Waals surface area contributed by atoms with E-state index in [-0.39, 0.29) is 22.5 Å². The summed E-state index contributed by atoms with van der Waals surface area (Å²) in [5, 5.41) is 6.42. The Kier molecular flexibility index (Phi) is 5.86. The minimum Gasteiger partial charge on any atom is -0.452 e. The average molecular weight is 512 g/mol. The van der Waals surface area contributed by atoms with Crippen LogP contribution in [0.3, 0.4) is 0 Å². The maximum atomic E-state index is 12.7. The van der Waals surface area contributed by atoms with Crippen LogP contribution in [0, 0.1) is 20.8 Å². The molecular weight excluding hydrogens is 494 g/mol. The highest BCUT2D eigenvalue weighted by molar-refractivity contribution is 9.10. The van der Waals surface area contributed by atoms with E-state index in [1.165, 1.54) is 24.3 Å². The minimum absolute atomic E-state index is 0.0385. The highest BCUT2D eigenvalue weighted by Gasteiger charge is 2.38. The number of benzene rings is 2. The van der Waals surface area contributed by atoms with E-state index in [0.29, 0.717) is 11.4 Å². The van der Waals surface area contributed by atoms with Crippen LogP contribution in [0.5, 0.6) is 0 Å². The number of nitrogens with zero attached hydrogens (tertiary/aromatic N) is 2. The predicted molar refractivity (Wildman–Crippen MR) is 121 cm³/mol. The fourth-order valence-corrected chi connectivity index (χ4v) is 3.79. The molecule has 0 fully saturated rings. The Morgan fingerprint density at radius 2 is 1.76 bits per heavy atom. The summed E-state index contributed by atoms with van der Waals surface area (Å²) in [6.07, 6.45) is 0. The van der Waals surface area contributed by atoms with Gasteiger partial charge in [0.1, 0.15) is 5.76 Å². The quantitative estimate of drug-likeness (QED) is 0.406. The summed E-state index contributed by atoms with van der Waals surface area (Å²) in [4.78, 5) is 51.0. The Morgan fingerprint density at radius 3 is 2.45 bits per heavy atom. The summed E-state index contributed by atoms with van der Waals surface area (Å²) in [6.45, 7) is 4.91. The number of fused-ring (bicyclic) bond motifs is 1. The third-order valence-electron chi connectivity index (χ3n) is 5.30. The van der Waals surface area contributed by atoms with Crippen molar-refractivity contribution in [2.45, 2.75) is 20.8 Å². The number of aromatic nitrogens is 1. The molecule has 0 saturated carbocycles. The van der Waals surface area contributed by atoms with Crippen LogP contribution in [0.25, 0.3) is 0 Å². The molecule has 1 aromatic heterocycles. The summed E-state index contributed by atoms with van der Waals surface area (Å²) in [5.74, 6) is -1.99. The highest BCUT2D eigenvalue weighted by atomic mass is 79.9. The number of esters is 1. The van der Waals surface area contributed by atoms with Gasteiger partial charge < -0.3 is 14.6 Å². The predicted octanol–water partition coefficient (Wildman–Crippen LogP) is 3.96. The van der Waals surface area contributed by atoms with Gasteiger partial charge in [-0.3, -0.25) is 14.4 Å². The van der Waals surface area contributed by atoms with E-state index in [9.17, 15) is 19.2 Å². The number of anilines is 2. The third kappa shape index (κ3) is 4.17. The molecule has 1 aliphatic rings. The number of rotatable bonds is 5. The van der Waals surface area contributed by atoms with Gasteiger partial charge in [-0.25, -0.2) is 9.69 Å². The molecular formula is C23H18BrN3O6. The van der Waals surface area contributed by atoms with Crippen molar-refractivity contribution in [3.63, 3.8) is 0 Å². The van der Waals surface area contributed by atoms with Gasteiger partial charge in [-0.05, 0) is 62.2 Å². The molecule has 168 valence electrons. The topological polar surface area (TPSA) is 119 Å². The molecule has 0 unspecified atom stereocenters. The number of carbonyl (C=O) groups is 4. The van der Waals surface area contributed by atoms with E-state index >= 15 is 0 Å². The maximum Gasteiger partial charge on any atom is 0.338 e. The van der Waals surface area contributed by atoms with E-state index in [4.69, 9.17) is 9.26 Å². The molecule has 0 bridgehead atoms. The molecule has 3 aromatic rings. The van der Waals surface area contributed by atoms with Gasteiger partial charge in [0, 0.05) is 16.2 Å². The second-order valence-electron chi connectivity index (χ2n) is 7.47. The molecule has 33 heavy (non-hydrogen) atoms. The maximum absolute atomic E-state index is 12.7. The molecule has 1 aliphatic heterocycles. The van der Waals surface area contributed by atoms with Gasteiger partial charge in [0.15, 0.2) is 12.4 Å². The van der Waals surface area contributed by atoms with Crippen molar-refractivity contribution in [2.24, 2.45) is 0 Å². The summed E-state index contributed by atoms with van der Waals surface area (Å²) in [5.41, 5.74) is 2.70. The van der Waals surface area contributed by atoms with Crippen LogP contribution in [0.15, 0.2) is 45.4 Å². The largest absolute Gasteiger partial charge is 0.452 e. The van der Waals surface area contributed by atoms with Gasteiger partial charge in [0.05, 0.1) is 16.7 Å². The van der Waals surface area contributed by atoms with Crippen LogP contribution < -0.4 is 10.2 Å². The standard InChI is InChI=1S/C23H18BrN3O6/c1-11-8-19(26-33-11)27-21(29)15-5-4-14(9-16(15)22(27)30)23(31)32-10-20(28)25-18-7-6-17(24)12(2)13(18)3/h4-9H,10H2,1-3H3,(H,25,28). The second kappa shape index (κ2) is 8.62. The molecule has 0 radical (unpaired) electrons. The zero-order valence-electron chi connectivity index (χ0n) is 17.9. The van der Waals surface area contributed by atoms with Crippen LogP contribution in [-0.4, -0.2) is 35.5 Å². The Balaban J connectivity index is 1.44. The first-order valence-electron chi connectivity index (χ1n) is 9.86. The van der Waals surface area contributed by atoms with E-state index in [2.05, 4.69) is 26.4 Å². The van der Waals surface area contributed by atoms with Gasteiger partial charge in [-0.2, -0.15) is 0 Å². The van der Waals surface area contributed by atoms with Gasteiger partial charge in [-0.15, -0.1) is 0 Å². The lowest BCUT2D eigenvalue weighted by Gasteiger charge is -2.12. The molecule has 0 saturated heterocycles. The molecule has 2 heterocycles. The molecule has 9 nitrogen and oxygen atoms in total. The van der Waals surface area contributed by atoms with Crippen molar-refractivity contribution in [3.8, 4) is 0 Å². The van der Waals surface area contributed by atoms with Gasteiger partial charge >= 0.3 is 5.97 Å². The first-order chi connectivity index (χ1) is 15.7. The van der Waals surface area contributed by atoms with E-state index in [1.807, 2.05) is 19.9 Å². The monoisotopic (exact) mass is 511 g/mol. The van der Waals surface area contributed by atoms with Crippen LogP contribution in [0.2, 0.25) is 0 Å². The van der Waals surface area contributed by atoms with Crippen LogP contribution in [-0.2, 0) is 9.53 Å². The van der Waals surface area contributed by atoms with Crippen LogP contribution in [0.1, 0.15) is 48.0 Å². The van der Waals surface area contributed by atoms with E-state index < -0.39 is 30.3 Å². The molecule has 10 heteroatoms. The lowest BCUT2D eigenvalue weighted by molar-refractivity contribution is -0.119. The number of hydrogen-bond donors (Lipinski definition) is 1. The first-order valence-corrected chi connectivity index (χ1v) is 10.7. The van der Waals surface area contributed by atoms with Gasteiger partial charge in [-0.1, -0.05) is 21.1 Å². The van der Waals surface area contributed by atoms with Gasteiger partial charge in [0.25, 0.3) is 17.7 Å². The van der Waals surface area contributed by atoms with E-state index in [0.717, 1.165) is 20.5 Å². The summed E-state index contributed by atoms with van der Waals surface area (Å²) < 4.78 is 11.0. The van der Waals surface area contributed by atoms with Crippen molar-refractivity contribution in [2.75, 3.05) is 16.8 Å². The number of hydrogen-bond acceptors (Lipinski definition) is 7. The summed E-state index contributed by atoms with van der Waals surface area (Å²) in [6, 6.07) is 9.03. The van der Waals surface area contributed by atoms with Crippen molar-refractivity contribution >= 4 is 51.1 Å². The molecule has 3 amide bonds. The Hall–Kier alpha value is -3.79. The zero-order chi connectivity index (χ0) is 23.9. The third-order valence-corrected chi connectivity index (χ3v) is 6.16. The minimum atomic E-state index is -0.798. The molecule has 4 rings (SSSR count). The number of ether oxygens (including phenoxy) is 1. The van der Waals surface area contributed by atoms with Crippen LogP contribution in [0.4, 0.5) is 11.5 Å². The molecule has 0 atom stereocenters. The van der Waals surface area contributed by atoms with Gasteiger partial charge in [0.2, 0.25) is 0 Å². The van der Waals surface area contributed by atoms with Crippen molar-refractivity contribution < 1.29 is 28.4 Å². The average Bonchev–Trinajstić information content (AvgIpc) is 3.32. The first kappa shape index (κ1) is 22.4. The zero-order valence-corrected chi connectivity index (χ0v) is 19.5. The normalized spacial score (nSPS) is 12.7. The molecule has 2 aromatic carbocycles. The van der Waals surface area contributed by atoms with Crippen LogP contribution >= 0.6 is 15.9 Å². The number of halogens is 1. The molecule has 1 N–H and O–H groups in total. The van der Waals surface area contributed by atoms with Crippen molar-refractivity contribution in [1.29, 1.82) is 0 Å². The molecule has 0 spiro atoms. The summed E-state index contributed by atoms with van der Waals surface area (Å²) >= 11 is 3.43. The summed E-state index contributed by atoms with van der Waals surface area (Å²) in [7, 11) is 0.